The van der Waals surface area contributed by atoms with Gasteiger partial charge in [-0.1, -0.05) is 29.8 Å². The Labute approximate surface area is 188 Å². The Morgan fingerprint density at radius 1 is 1.12 bits per heavy atom. The van der Waals surface area contributed by atoms with Gasteiger partial charge in [0, 0.05) is 36.1 Å². The molecule has 1 amide bonds. The lowest BCUT2D eigenvalue weighted by atomic mass is 10.0. The summed E-state index contributed by atoms with van der Waals surface area (Å²) in [4.78, 5) is 28.7. The summed E-state index contributed by atoms with van der Waals surface area (Å²) in [5.74, 6) is -2.76. The number of carboxylic acid groups (broad SMARTS) is 1. The number of carbonyl (C=O) groups is 2. The smallest absolute Gasteiger partial charge is 0.475 e. The largest absolute Gasteiger partial charge is 0.490 e. The van der Waals surface area contributed by atoms with Crippen molar-refractivity contribution in [3.8, 4) is 11.3 Å². The summed E-state index contributed by atoms with van der Waals surface area (Å²) in [7, 11) is 0. The molecule has 3 heterocycles. The number of H-pyrrole nitrogens is 1. The molecule has 0 radical (unpaired) electrons. The van der Waals surface area contributed by atoms with E-state index in [1.807, 2.05) is 24.3 Å². The minimum atomic E-state index is -5.08. The molecule has 6 nitrogen and oxygen atoms in total. The van der Waals surface area contributed by atoms with Crippen molar-refractivity contribution in [1.82, 2.24) is 15.3 Å². The van der Waals surface area contributed by atoms with Gasteiger partial charge in [-0.3, -0.25) is 9.78 Å². The van der Waals surface area contributed by atoms with Crippen LogP contribution in [0, 0.1) is 13.8 Å². The molecular formula is C24H22F3N3O3. The zero-order valence-corrected chi connectivity index (χ0v) is 18.0. The molecule has 172 valence electrons. The molecule has 33 heavy (non-hydrogen) atoms. The van der Waals surface area contributed by atoms with E-state index in [0.29, 0.717) is 6.54 Å². The van der Waals surface area contributed by atoms with Crippen molar-refractivity contribution in [2.24, 2.45) is 0 Å². The number of pyridine rings is 1. The van der Waals surface area contributed by atoms with Crippen molar-refractivity contribution < 1.29 is 27.9 Å². The molecule has 4 rings (SSSR count). The fraction of sp³-hybridized carbons (Fsp3) is 0.208. The molecule has 0 bridgehead atoms. The number of nitrogens with one attached hydrogen (secondary N) is 2. The van der Waals surface area contributed by atoms with E-state index >= 15 is 0 Å². The number of alkyl halides is 3. The summed E-state index contributed by atoms with van der Waals surface area (Å²) < 4.78 is 31.7. The van der Waals surface area contributed by atoms with E-state index in [2.05, 4.69) is 53.4 Å². The Kier molecular flexibility index (Phi) is 7.01. The first kappa shape index (κ1) is 23.8. The number of fused-ring (bicyclic) bond motifs is 1. The molecule has 0 atom stereocenters. The monoisotopic (exact) mass is 457 g/mol. The number of aromatic nitrogens is 2. The first-order chi connectivity index (χ1) is 15.5. The third-order valence-electron chi connectivity index (χ3n) is 5.01. The van der Waals surface area contributed by atoms with Crippen LogP contribution in [0.5, 0.6) is 0 Å². The number of hydrogen-bond donors (Lipinski definition) is 3. The molecule has 1 aliphatic rings. The number of hydrogen-bond acceptors (Lipinski definition) is 3. The van der Waals surface area contributed by atoms with Gasteiger partial charge in [0.15, 0.2) is 0 Å². The Morgan fingerprint density at radius 3 is 2.52 bits per heavy atom. The van der Waals surface area contributed by atoms with Crippen LogP contribution in [0.15, 0.2) is 42.6 Å². The van der Waals surface area contributed by atoms with Crippen LogP contribution in [0.1, 0.15) is 38.4 Å². The third kappa shape index (κ3) is 6.09. The molecule has 3 N–H and O–H groups in total. The van der Waals surface area contributed by atoms with Gasteiger partial charge in [0.05, 0.1) is 11.3 Å². The van der Waals surface area contributed by atoms with Gasteiger partial charge in [-0.25, -0.2) is 4.79 Å². The molecular weight excluding hydrogens is 435 g/mol. The normalized spacial score (nSPS) is 13.2. The third-order valence-corrected chi connectivity index (χ3v) is 5.01. The Morgan fingerprint density at radius 2 is 1.85 bits per heavy atom. The van der Waals surface area contributed by atoms with Crippen LogP contribution in [0.2, 0.25) is 0 Å². The molecule has 0 unspecified atom stereocenters. The number of aryl methyl sites for hydroxylation is 2. The van der Waals surface area contributed by atoms with Crippen molar-refractivity contribution in [2.75, 3.05) is 6.54 Å². The molecule has 0 aliphatic carbocycles. The SMILES string of the molecule is Cc1ccc(C)c(C=Cc2cc(-c3cc4c([nH]3)CCNC4=O)ccn2)c1.O=C(O)C(F)(F)F. The molecule has 2 aromatic heterocycles. The molecule has 0 spiro atoms. The summed E-state index contributed by atoms with van der Waals surface area (Å²) >= 11 is 0. The van der Waals surface area contributed by atoms with Crippen molar-refractivity contribution in [1.29, 1.82) is 0 Å². The second kappa shape index (κ2) is 9.72. The summed E-state index contributed by atoms with van der Waals surface area (Å²) in [6, 6.07) is 12.4. The van der Waals surface area contributed by atoms with E-state index in [0.717, 1.165) is 34.6 Å². The van der Waals surface area contributed by atoms with Crippen LogP contribution in [0.25, 0.3) is 23.4 Å². The van der Waals surface area contributed by atoms with E-state index in [4.69, 9.17) is 9.90 Å². The van der Waals surface area contributed by atoms with Crippen LogP contribution in [0.3, 0.4) is 0 Å². The second-order valence-corrected chi connectivity index (χ2v) is 7.55. The number of aliphatic carboxylic acids is 1. The Balaban J connectivity index is 0.000000383. The summed E-state index contributed by atoms with van der Waals surface area (Å²) in [6.45, 7) is 4.89. The lowest BCUT2D eigenvalue weighted by Crippen LogP contribution is -2.31. The van der Waals surface area contributed by atoms with Crippen LogP contribution in [-0.2, 0) is 11.2 Å². The van der Waals surface area contributed by atoms with Crippen LogP contribution < -0.4 is 5.32 Å². The fourth-order valence-electron chi connectivity index (χ4n) is 3.27. The predicted molar refractivity (Wildman–Crippen MR) is 119 cm³/mol. The minimum Gasteiger partial charge on any atom is -0.475 e. The van der Waals surface area contributed by atoms with Gasteiger partial charge in [0.2, 0.25) is 0 Å². The number of carbonyl (C=O) groups excluding carboxylic acids is 1. The number of halogens is 3. The maximum Gasteiger partial charge on any atom is 0.490 e. The van der Waals surface area contributed by atoms with Crippen LogP contribution in [-0.4, -0.2) is 39.7 Å². The van der Waals surface area contributed by atoms with E-state index in [1.54, 1.807) is 6.20 Å². The zero-order valence-electron chi connectivity index (χ0n) is 18.0. The minimum absolute atomic E-state index is 0.00199. The highest BCUT2D eigenvalue weighted by Crippen LogP contribution is 2.25. The first-order valence-electron chi connectivity index (χ1n) is 10.1. The van der Waals surface area contributed by atoms with Crippen molar-refractivity contribution in [3.63, 3.8) is 0 Å². The topological polar surface area (TPSA) is 95.1 Å². The van der Waals surface area contributed by atoms with Crippen LogP contribution in [0.4, 0.5) is 13.2 Å². The van der Waals surface area contributed by atoms with Crippen molar-refractivity contribution in [3.05, 3.63) is 76.2 Å². The number of rotatable bonds is 3. The van der Waals surface area contributed by atoms with Gasteiger partial charge in [-0.05, 0) is 49.2 Å². The summed E-state index contributed by atoms with van der Waals surface area (Å²) in [5, 5.41) is 10.0. The second-order valence-electron chi connectivity index (χ2n) is 7.55. The van der Waals surface area contributed by atoms with E-state index < -0.39 is 12.1 Å². The average molecular weight is 457 g/mol. The van der Waals surface area contributed by atoms with Gasteiger partial charge in [0.25, 0.3) is 5.91 Å². The maximum absolute atomic E-state index is 12.0. The number of amides is 1. The number of nitrogens with zero attached hydrogens (tertiary/aromatic N) is 1. The summed E-state index contributed by atoms with van der Waals surface area (Å²) in [6.07, 6.45) is 1.69. The van der Waals surface area contributed by atoms with E-state index in [1.165, 1.54) is 16.7 Å². The van der Waals surface area contributed by atoms with Gasteiger partial charge >= 0.3 is 12.1 Å². The molecule has 0 fully saturated rings. The van der Waals surface area contributed by atoms with Crippen LogP contribution >= 0.6 is 0 Å². The molecule has 1 aromatic carbocycles. The Hall–Kier alpha value is -3.88. The maximum atomic E-state index is 12.0. The van der Waals surface area contributed by atoms with Gasteiger partial charge < -0.3 is 15.4 Å². The number of carboxylic acids is 1. The highest BCUT2D eigenvalue weighted by atomic mass is 19.4. The van der Waals surface area contributed by atoms with Crippen molar-refractivity contribution in [2.45, 2.75) is 26.4 Å². The number of aromatic amines is 1. The first-order valence-corrected chi connectivity index (χ1v) is 10.1. The molecule has 3 aromatic rings. The highest BCUT2D eigenvalue weighted by molar-refractivity contribution is 5.97. The standard InChI is InChI=1S/C22H21N3O.C2HF3O2/c1-14-3-4-15(2)16(11-14)5-6-18-12-17(7-9-23-18)21-13-19-20(25-21)8-10-24-22(19)26;3-2(4,5)1(6)7/h3-7,9,11-13,25H,8,10H2,1-2H3,(H,24,26);(H,6,7). The quantitative estimate of drug-likeness (QED) is 0.527. The molecule has 0 saturated carbocycles. The lowest BCUT2D eigenvalue weighted by Gasteiger charge is -2.10. The molecule has 9 heteroatoms. The van der Waals surface area contributed by atoms with E-state index in [9.17, 15) is 18.0 Å². The van der Waals surface area contributed by atoms with Gasteiger partial charge in [-0.15, -0.1) is 0 Å². The highest BCUT2D eigenvalue weighted by Gasteiger charge is 2.38. The van der Waals surface area contributed by atoms with Gasteiger partial charge in [0.1, 0.15) is 0 Å². The van der Waals surface area contributed by atoms with Gasteiger partial charge in [-0.2, -0.15) is 13.2 Å². The zero-order chi connectivity index (χ0) is 24.2. The molecule has 0 saturated heterocycles. The fourth-order valence-corrected chi connectivity index (χ4v) is 3.27. The molecule has 1 aliphatic heterocycles. The lowest BCUT2D eigenvalue weighted by molar-refractivity contribution is -0.192. The van der Waals surface area contributed by atoms with Crippen molar-refractivity contribution >= 4 is 24.0 Å². The van der Waals surface area contributed by atoms with E-state index in [-0.39, 0.29) is 5.91 Å². The predicted octanol–water partition coefficient (Wildman–Crippen LogP) is 4.78. The Bertz CT molecular complexity index is 1210. The average Bonchev–Trinajstić information content (AvgIpc) is 3.20. The number of benzene rings is 1. The summed E-state index contributed by atoms with van der Waals surface area (Å²) in [5.41, 5.74) is 8.31.